The average Bonchev–Trinajstić information content (AvgIpc) is 2.57. The quantitative estimate of drug-likeness (QED) is 0.583. The van der Waals surface area contributed by atoms with Gasteiger partial charge in [0.25, 0.3) is 0 Å². The number of anilines is 1. The van der Waals surface area contributed by atoms with Crippen LogP contribution in [0.5, 0.6) is 0 Å². The van der Waals surface area contributed by atoms with Crippen molar-refractivity contribution in [1.82, 2.24) is 4.98 Å². The molecule has 1 aromatic heterocycles. The minimum Gasteiger partial charge on any atom is -0.422 e. The van der Waals surface area contributed by atoms with E-state index in [0.29, 0.717) is 6.01 Å². The van der Waals surface area contributed by atoms with Gasteiger partial charge in [0, 0.05) is 5.71 Å². The molecule has 0 aliphatic heterocycles. The van der Waals surface area contributed by atoms with Crippen LogP contribution in [0.15, 0.2) is 33.8 Å². The number of para-hydroxylation sites is 2. The van der Waals surface area contributed by atoms with E-state index >= 15 is 0 Å². The summed E-state index contributed by atoms with van der Waals surface area (Å²) in [4.78, 5) is 4.20. The number of rotatable bonds is 2. The fourth-order valence-electron chi connectivity index (χ4n) is 1.08. The maximum absolute atomic E-state index is 5.39. The molecule has 14 heavy (non-hydrogen) atoms. The van der Waals surface area contributed by atoms with E-state index in [2.05, 4.69) is 15.5 Å². The summed E-state index contributed by atoms with van der Waals surface area (Å²) in [5.74, 6) is 0. The first kappa shape index (κ1) is 8.74. The Kier molecular flexibility index (Phi) is 2.18. The monoisotopic (exact) mass is 189 g/mol. The van der Waals surface area contributed by atoms with Crippen molar-refractivity contribution in [3.8, 4) is 0 Å². The summed E-state index contributed by atoms with van der Waals surface area (Å²) in [6.45, 7) is 3.80. The summed E-state index contributed by atoms with van der Waals surface area (Å²) in [5.41, 5.74) is 5.26. The maximum atomic E-state index is 5.39. The Bertz CT molecular complexity index is 436. The minimum absolute atomic E-state index is 0.424. The molecule has 0 bridgehead atoms. The fourth-order valence-corrected chi connectivity index (χ4v) is 1.08. The summed E-state index contributed by atoms with van der Waals surface area (Å²) in [6, 6.07) is 8.02. The van der Waals surface area contributed by atoms with Gasteiger partial charge in [0.1, 0.15) is 5.52 Å². The van der Waals surface area contributed by atoms with E-state index in [1.165, 1.54) is 0 Å². The van der Waals surface area contributed by atoms with Crippen molar-refractivity contribution < 1.29 is 4.42 Å². The highest BCUT2D eigenvalue weighted by Gasteiger charge is 2.02. The molecular formula is C10H11N3O. The van der Waals surface area contributed by atoms with Crippen LogP contribution in [0.25, 0.3) is 11.1 Å². The van der Waals surface area contributed by atoms with Crippen molar-refractivity contribution in [3.05, 3.63) is 24.3 Å². The number of oxazole rings is 1. The number of nitrogens with zero attached hydrogens (tertiary/aromatic N) is 2. The normalized spacial score (nSPS) is 10.1. The van der Waals surface area contributed by atoms with Crippen LogP contribution in [0.2, 0.25) is 0 Å². The van der Waals surface area contributed by atoms with Crippen LogP contribution in [-0.4, -0.2) is 10.7 Å². The van der Waals surface area contributed by atoms with Crippen molar-refractivity contribution >= 4 is 22.8 Å². The van der Waals surface area contributed by atoms with Gasteiger partial charge in [-0.05, 0) is 26.0 Å². The van der Waals surface area contributed by atoms with Crippen LogP contribution in [0.3, 0.4) is 0 Å². The molecule has 4 nitrogen and oxygen atoms in total. The molecule has 0 aliphatic carbocycles. The van der Waals surface area contributed by atoms with Gasteiger partial charge in [-0.2, -0.15) is 10.1 Å². The van der Waals surface area contributed by atoms with Crippen molar-refractivity contribution in [2.45, 2.75) is 13.8 Å². The molecule has 0 unspecified atom stereocenters. The molecule has 0 spiro atoms. The molecule has 1 N–H and O–H groups in total. The lowest BCUT2D eigenvalue weighted by atomic mass is 10.3. The minimum atomic E-state index is 0.424. The molecule has 2 aromatic rings. The Balaban J connectivity index is 2.31. The zero-order chi connectivity index (χ0) is 9.97. The molecule has 0 aliphatic rings. The second-order valence-electron chi connectivity index (χ2n) is 3.16. The first-order valence-electron chi connectivity index (χ1n) is 4.38. The van der Waals surface area contributed by atoms with E-state index in [0.717, 1.165) is 16.8 Å². The zero-order valence-electron chi connectivity index (χ0n) is 8.11. The standard InChI is InChI=1S/C10H11N3O/c1-7(2)12-13-10-11-8-5-3-4-6-9(8)14-10/h3-6H,1-2H3,(H,11,13). The lowest BCUT2D eigenvalue weighted by molar-refractivity contribution is 0.617. The first-order chi connectivity index (χ1) is 6.75. The molecule has 1 aromatic carbocycles. The van der Waals surface area contributed by atoms with Crippen molar-refractivity contribution in [2.24, 2.45) is 5.10 Å². The third kappa shape index (κ3) is 1.74. The van der Waals surface area contributed by atoms with Crippen LogP contribution in [-0.2, 0) is 0 Å². The molecule has 0 amide bonds. The molecule has 0 saturated carbocycles. The van der Waals surface area contributed by atoms with Crippen LogP contribution in [0, 0.1) is 0 Å². The molecule has 72 valence electrons. The predicted octanol–water partition coefficient (Wildman–Crippen LogP) is 2.64. The Morgan fingerprint density at radius 2 is 2.14 bits per heavy atom. The van der Waals surface area contributed by atoms with E-state index in [-0.39, 0.29) is 0 Å². The Labute approximate surface area is 81.6 Å². The van der Waals surface area contributed by atoms with Gasteiger partial charge in [-0.15, -0.1) is 0 Å². The fraction of sp³-hybridized carbons (Fsp3) is 0.200. The van der Waals surface area contributed by atoms with E-state index in [1.54, 1.807) is 0 Å². The van der Waals surface area contributed by atoms with Crippen LogP contribution in [0.1, 0.15) is 13.8 Å². The van der Waals surface area contributed by atoms with Gasteiger partial charge in [0.15, 0.2) is 5.58 Å². The Morgan fingerprint density at radius 1 is 1.36 bits per heavy atom. The highest BCUT2D eigenvalue weighted by molar-refractivity contribution is 5.80. The smallest absolute Gasteiger partial charge is 0.316 e. The topological polar surface area (TPSA) is 50.4 Å². The maximum Gasteiger partial charge on any atom is 0.316 e. The first-order valence-corrected chi connectivity index (χ1v) is 4.38. The van der Waals surface area contributed by atoms with Crippen LogP contribution >= 0.6 is 0 Å². The lowest BCUT2D eigenvalue weighted by Gasteiger charge is -1.91. The van der Waals surface area contributed by atoms with E-state index < -0.39 is 0 Å². The largest absolute Gasteiger partial charge is 0.422 e. The van der Waals surface area contributed by atoms with Crippen LogP contribution in [0.4, 0.5) is 6.01 Å². The van der Waals surface area contributed by atoms with Gasteiger partial charge in [-0.1, -0.05) is 12.1 Å². The average molecular weight is 189 g/mol. The number of benzene rings is 1. The third-order valence-electron chi connectivity index (χ3n) is 1.67. The van der Waals surface area contributed by atoms with E-state index in [1.807, 2.05) is 38.1 Å². The highest BCUT2D eigenvalue weighted by Crippen LogP contribution is 2.17. The predicted molar refractivity (Wildman–Crippen MR) is 56.4 cm³/mol. The second-order valence-corrected chi connectivity index (χ2v) is 3.16. The number of aromatic nitrogens is 1. The summed E-state index contributed by atoms with van der Waals surface area (Å²) < 4.78 is 5.39. The number of hydrogen-bond acceptors (Lipinski definition) is 4. The van der Waals surface area contributed by atoms with Gasteiger partial charge < -0.3 is 4.42 Å². The molecule has 2 rings (SSSR count). The third-order valence-corrected chi connectivity index (χ3v) is 1.67. The van der Waals surface area contributed by atoms with Gasteiger partial charge >= 0.3 is 6.01 Å². The summed E-state index contributed by atoms with van der Waals surface area (Å²) in [7, 11) is 0. The Morgan fingerprint density at radius 3 is 2.86 bits per heavy atom. The summed E-state index contributed by atoms with van der Waals surface area (Å²) in [5, 5.41) is 4.00. The summed E-state index contributed by atoms with van der Waals surface area (Å²) in [6.07, 6.45) is 0. The van der Waals surface area contributed by atoms with Gasteiger partial charge in [-0.25, -0.2) is 5.43 Å². The molecule has 0 fully saturated rings. The lowest BCUT2D eigenvalue weighted by Crippen LogP contribution is -1.92. The van der Waals surface area contributed by atoms with Gasteiger partial charge in [0.2, 0.25) is 0 Å². The molecule has 0 radical (unpaired) electrons. The molecule has 0 atom stereocenters. The van der Waals surface area contributed by atoms with Gasteiger partial charge in [-0.3, -0.25) is 0 Å². The van der Waals surface area contributed by atoms with Crippen molar-refractivity contribution in [1.29, 1.82) is 0 Å². The van der Waals surface area contributed by atoms with E-state index in [9.17, 15) is 0 Å². The number of hydrazone groups is 1. The Hall–Kier alpha value is -1.84. The summed E-state index contributed by atoms with van der Waals surface area (Å²) >= 11 is 0. The van der Waals surface area contributed by atoms with Crippen LogP contribution < -0.4 is 5.43 Å². The van der Waals surface area contributed by atoms with Gasteiger partial charge in [0.05, 0.1) is 0 Å². The van der Waals surface area contributed by atoms with E-state index in [4.69, 9.17) is 4.42 Å². The van der Waals surface area contributed by atoms with Crippen molar-refractivity contribution in [3.63, 3.8) is 0 Å². The molecule has 0 saturated heterocycles. The SMILES string of the molecule is CC(C)=NNc1nc2ccccc2o1. The number of hydrogen-bond donors (Lipinski definition) is 1. The van der Waals surface area contributed by atoms with Crippen molar-refractivity contribution in [2.75, 3.05) is 5.43 Å². The number of nitrogens with one attached hydrogen (secondary N) is 1. The highest BCUT2D eigenvalue weighted by atomic mass is 16.4. The zero-order valence-corrected chi connectivity index (χ0v) is 8.11. The number of fused-ring (bicyclic) bond motifs is 1. The second kappa shape index (κ2) is 3.49. The molecule has 1 heterocycles. The molecule has 4 heteroatoms. The molecular weight excluding hydrogens is 178 g/mol.